The van der Waals surface area contributed by atoms with E-state index >= 15 is 0 Å². The van der Waals surface area contributed by atoms with Crippen LogP contribution in [0.25, 0.3) is 11.4 Å². The van der Waals surface area contributed by atoms with Crippen LogP contribution in [0.2, 0.25) is 0 Å². The van der Waals surface area contributed by atoms with Gasteiger partial charge >= 0.3 is 0 Å². The third-order valence-corrected chi connectivity index (χ3v) is 2.42. The molecule has 1 aromatic carbocycles. The number of hydrogen-bond acceptors (Lipinski definition) is 4. The molecule has 0 saturated heterocycles. The van der Waals surface area contributed by atoms with Gasteiger partial charge in [-0.3, -0.25) is 0 Å². The molecule has 0 amide bonds. The first kappa shape index (κ1) is 10.3. The lowest BCUT2D eigenvalue weighted by molar-refractivity contribution is 0.627. The molecule has 6 heteroatoms. The molecule has 0 aliphatic heterocycles. The molecule has 0 spiro atoms. The van der Waals surface area contributed by atoms with Crippen molar-refractivity contribution in [2.24, 2.45) is 0 Å². The van der Waals surface area contributed by atoms with E-state index in [1.54, 1.807) is 19.1 Å². The summed E-state index contributed by atoms with van der Waals surface area (Å²) in [5.41, 5.74) is 0.321. The van der Waals surface area contributed by atoms with E-state index in [1.165, 1.54) is 6.07 Å². The van der Waals surface area contributed by atoms with E-state index in [1.807, 2.05) is 0 Å². The molecule has 0 radical (unpaired) electrons. The Labute approximate surface area is 99.1 Å². The minimum absolute atomic E-state index is 0.205. The van der Waals surface area contributed by atoms with Gasteiger partial charge in [-0.05, 0) is 47.7 Å². The zero-order valence-electron chi connectivity index (χ0n) is 7.78. The summed E-state index contributed by atoms with van der Waals surface area (Å²) in [6, 6.07) is 4.71. The maximum Gasteiger partial charge on any atom is 0.206 e. The third-order valence-electron chi connectivity index (χ3n) is 1.75. The van der Waals surface area contributed by atoms with Gasteiger partial charge in [0.1, 0.15) is 5.82 Å². The first-order valence-electron chi connectivity index (χ1n) is 4.16. The van der Waals surface area contributed by atoms with Crippen molar-refractivity contribution in [3.63, 3.8) is 0 Å². The maximum absolute atomic E-state index is 13.4. The van der Waals surface area contributed by atoms with Crippen molar-refractivity contribution >= 4 is 22.6 Å². The molecule has 0 unspecified atom stereocenters. The lowest BCUT2D eigenvalue weighted by atomic mass is 10.2. The maximum atomic E-state index is 13.4. The van der Waals surface area contributed by atoms with Crippen molar-refractivity contribution in [1.82, 2.24) is 20.4 Å². The Morgan fingerprint density at radius 2 is 1.80 bits per heavy atom. The number of benzene rings is 1. The predicted octanol–water partition coefficient (Wildman–Crippen LogP) is 1.99. The van der Waals surface area contributed by atoms with Crippen LogP contribution in [-0.2, 0) is 0 Å². The Hall–Kier alpha value is -1.18. The summed E-state index contributed by atoms with van der Waals surface area (Å²) < 4.78 is 14.3. The van der Waals surface area contributed by atoms with Crippen LogP contribution in [0.3, 0.4) is 0 Å². The summed E-state index contributed by atoms with van der Waals surface area (Å²) in [7, 11) is 0. The van der Waals surface area contributed by atoms with Crippen LogP contribution in [0.4, 0.5) is 4.39 Å². The standard InChI is InChI=1S/C9H6FIN4/c1-5-12-14-9(15-13-5)7-4-6(11)2-3-8(7)10/h2-4H,1H3. The van der Waals surface area contributed by atoms with E-state index in [-0.39, 0.29) is 11.6 Å². The Morgan fingerprint density at radius 1 is 1.13 bits per heavy atom. The number of aromatic nitrogens is 4. The van der Waals surface area contributed by atoms with Gasteiger partial charge in [-0.1, -0.05) is 0 Å². The number of hydrogen-bond donors (Lipinski definition) is 0. The summed E-state index contributed by atoms with van der Waals surface area (Å²) in [5.74, 6) is 0.296. The van der Waals surface area contributed by atoms with Gasteiger partial charge in [0.2, 0.25) is 5.82 Å². The van der Waals surface area contributed by atoms with Crippen molar-refractivity contribution in [2.45, 2.75) is 6.92 Å². The average molecular weight is 316 g/mol. The Morgan fingerprint density at radius 3 is 2.47 bits per heavy atom. The van der Waals surface area contributed by atoms with Crippen LogP contribution in [0.5, 0.6) is 0 Å². The molecule has 15 heavy (non-hydrogen) atoms. The first-order valence-corrected chi connectivity index (χ1v) is 5.24. The molecule has 2 aromatic rings. The monoisotopic (exact) mass is 316 g/mol. The van der Waals surface area contributed by atoms with Crippen molar-refractivity contribution in [1.29, 1.82) is 0 Å². The summed E-state index contributed by atoms with van der Waals surface area (Å²) >= 11 is 2.09. The average Bonchev–Trinajstić information content (AvgIpc) is 2.23. The molecular formula is C9H6FIN4. The molecular weight excluding hydrogens is 310 g/mol. The normalized spacial score (nSPS) is 10.3. The lowest BCUT2D eigenvalue weighted by Crippen LogP contribution is -2.00. The van der Waals surface area contributed by atoms with Gasteiger partial charge in [0.05, 0.1) is 5.56 Å². The predicted molar refractivity (Wildman–Crippen MR) is 60.5 cm³/mol. The molecule has 2 rings (SSSR count). The lowest BCUT2D eigenvalue weighted by Gasteiger charge is -2.00. The smallest absolute Gasteiger partial charge is 0.206 e. The summed E-state index contributed by atoms with van der Waals surface area (Å²) in [6.45, 7) is 1.68. The molecule has 0 N–H and O–H groups in total. The summed E-state index contributed by atoms with van der Waals surface area (Å²) in [4.78, 5) is 0. The zero-order valence-corrected chi connectivity index (χ0v) is 9.93. The minimum Gasteiger partial charge on any atom is -0.206 e. The Kier molecular flexibility index (Phi) is 2.85. The first-order chi connectivity index (χ1) is 7.16. The van der Waals surface area contributed by atoms with Crippen LogP contribution < -0.4 is 0 Å². The molecule has 0 aliphatic rings. The van der Waals surface area contributed by atoms with Crippen LogP contribution in [-0.4, -0.2) is 20.4 Å². The van der Waals surface area contributed by atoms with Crippen LogP contribution >= 0.6 is 22.6 Å². The fourth-order valence-electron chi connectivity index (χ4n) is 1.06. The van der Waals surface area contributed by atoms with Crippen molar-refractivity contribution in [3.05, 3.63) is 33.4 Å². The molecule has 0 bridgehead atoms. The molecule has 1 aromatic heterocycles. The van der Waals surface area contributed by atoms with Gasteiger partial charge in [-0.25, -0.2) is 4.39 Å². The Balaban J connectivity index is 2.53. The molecule has 0 atom stereocenters. The van der Waals surface area contributed by atoms with Crippen molar-refractivity contribution < 1.29 is 4.39 Å². The fraction of sp³-hybridized carbons (Fsp3) is 0.111. The summed E-state index contributed by atoms with van der Waals surface area (Å²) in [5, 5.41) is 15.0. The van der Waals surface area contributed by atoms with Crippen molar-refractivity contribution in [2.75, 3.05) is 0 Å². The van der Waals surface area contributed by atoms with Crippen LogP contribution in [0.1, 0.15) is 5.82 Å². The third kappa shape index (κ3) is 2.25. The summed E-state index contributed by atoms with van der Waals surface area (Å²) in [6.07, 6.45) is 0. The quantitative estimate of drug-likeness (QED) is 0.755. The van der Waals surface area contributed by atoms with E-state index < -0.39 is 0 Å². The van der Waals surface area contributed by atoms with Gasteiger partial charge < -0.3 is 0 Å². The van der Waals surface area contributed by atoms with E-state index in [0.717, 1.165) is 3.57 Å². The number of nitrogens with zero attached hydrogens (tertiary/aromatic N) is 4. The molecule has 1 heterocycles. The second-order valence-electron chi connectivity index (χ2n) is 2.89. The van der Waals surface area contributed by atoms with Gasteiger partial charge in [0, 0.05) is 3.57 Å². The second-order valence-corrected chi connectivity index (χ2v) is 4.14. The zero-order chi connectivity index (χ0) is 10.8. The highest BCUT2D eigenvalue weighted by molar-refractivity contribution is 14.1. The molecule has 0 fully saturated rings. The number of rotatable bonds is 1. The van der Waals surface area contributed by atoms with E-state index in [2.05, 4.69) is 43.0 Å². The number of aryl methyl sites for hydroxylation is 1. The van der Waals surface area contributed by atoms with Gasteiger partial charge in [-0.15, -0.1) is 20.4 Å². The fourth-order valence-corrected chi connectivity index (χ4v) is 1.55. The molecule has 0 aliphatic carbocycles. The van der Waals surface area contributed by atoms with Gasteiger partial charge in [0.25, 0.3) is 0 Å². The van der Waals surface area contributed by atoms with Crippen molar-refractivity contribution in [3.8, 4) is 11.4 Å². The molecule has 0 saturated carbocycles. The highest BCUT2D eigenvalue weighted by atomic mass is 127. The van der Waals surface area contributed by atoms with E-state index in [4.69, 9.17) is 0 Å². The highest BCUT2D eigenvalue weighted by Gasteiger charge is 2.09. The van der Waals surface area contributed by atoms with Gasteiger partial charge in [0.15, 0.2) is 5.82 Å². The topological polar surface area (TPSA) is 51.6 Å². The highest BCUT2D eigenvalue weighted by Crippen LogP contribution is 2.20. The van der Waals surface area contributed by atoms with E-state index in [9.17, 15) is 4.39 Å². The van der Waals surface area contributed by atoms with Crippen LogP contribution in [0, 0.1) is 16.3 Å². The van der Waals surface area contributed by atoms with Crippen LogP contribution in [0.15, 0.2) is 18.2 Å². The number of halogens is 2. The second kappa shape index (κ2) is 4.13. The minimum atomic E-state index is -0.372. The molecule has 4 nitrogen and oxygen atoms in total. The largest absolute Gasteiger partial charge is 0.206 e. The SMILES string of the molecule is Cc1nnc(-c2cc(I)ccc2F)nn1. The Bertz CT molecular complexity index is 486. The molecule has 76 valence electrons. The van der Waals surface area contributed by atoms with Gasteiger partial charge in [-0.2, -0.15) is 0 Å². The van der Waals surface area contributed by atoms with E-state index in [0.29, 0.717) is 11.4 Å².